The standard InChI is InChI=1S/C20H28ClFN2O3/c1-5-23(13-14-15(21)9-8-10-16(14)22)18(25)17-11-6-7-12-24(17)19(26)27-20(2,3)4/h8-10,17H,5-7,11-13H2,1-4H3/t17-/m0/s1. The van der Waals surface area contributed by atoms with Gasteiger partial charge in [-0.2, -0.15) is 0 Å². The Balaban J connectivity index is 2.19. The van der Waals surface area contributed by atoms with Gasteiger partial charge in [0.05, 0.1) is 6.54 Å². The monoisotopic (exact) mass is 398 g/mol. The predicted octanol–water partition coefficient (Wildman–Crippen LogP) is 4.62. The molecule has 0 N–H and O–H groups in total. The molecule has 27 heavy (non-hydrogen) atoms. The van der Waals surface area contributed by atoms with Crippen LogP contribution in [0.2, 0.25) is 5.02 Å². The van der Waals surface area contributed by atoms with Gasteiger partial charge in [0.25, 0.3) is 0 Å². The molecule has 1 saturated heterocycles. The minimum absolute atomic E-state index is 0.0689. The van der Waals surface area contributed by atoms with Gasteiger partial charge in [0.1, 0.15) is 17.5 Å². The first-order valence-corrected chi connectivity index (χ1v) is 9.73. The van der Waals surface area contributed by atoms with E-state index in [2.05, 4.69) is 0 Å². The average Bonchev–Trinajstić information content (AvgIpc) is 2.59. The highest BCUT2D eigenvalue weighted by atomic mass is 35.5. The number of benzene rings is 1. The van der Waals surface area contributed by atoms with Crippen molar-refractivity contribution in [1.29, 1.82) is 0 Å². The molecule has 0 unspecified atom stereocenters. The summed E-state index contributed by atoms with van der Waals surface area (Å²) >= 11 is 6.11. The first kappa shape index (κ1) is 21.5. The van der Waals surface area contributed by atoms with Crippen molar-refractivity contribution in [3.8, 4) is 0 Å². The largest absolute Gasteiger partial charge is 0.444 e. The summed E-state index contributed by atoms with van der Waals surface area (Å²) in [4.78, 5) is 28.7. The maximum atomic E-state index is 14.1. The van der Waals surface area contributed by atoms with Gasteiger partial charge in [-0.3, -0.25) is 9.69 Å². The lowest BCUT2D eigenvalue weighted by atomic mass is 10.0. The van der Waals surface area contributed by atoms with Crippen molar-refractivity contribution >= 4 is 23.6 Å². The van der Waals surface area contributed by atoms with Gasteiger partial charge in [-0.15, -0.1) is 0 Å². The molecular weight excluding hydrogens is 371 g/mol. The van der Waals surface area contributed by atoms with Gasteiger partial charge in [-0.05, 0) is 59.1 Å². The van der Waals surface area contributed by atoms with Crippen LogP contribution >= 0.6 is 11.6 Å². The van der Waals surface area contributed by atoms with Crippen molar-refractivity contribution in [1.82, 2.24) is 9.80 Å². The van der Waals surface area contributed by atoms with Crippen LogP contribution in [-0.4, -0.2) is 46.5 Å². The molecule has 1 aromatic carbocycles. The molecule has 0 bridgehead atoms. The number of hydrogen-bond acceptors (Lipinski definition) is 3. The summed E-state index contributed by atoms with van der Waals surface area (Å²) in [6.07, 6.45) is 1.77. The number of halogens is 2. The third-order valence-corrected chi connectivity index (χ3v) is 4.87. The van der Waals surface area contributed by atoms with Gasteiger partial charge in [0, 0.05) is 23.7 Å². The van der Waals surface area contributed by atoms with E-state index < -0.39 is 23.6 Å². The van der Waals surface area contributed by atoms with Crippen LogP contribution in [0.15, 0.2) is 18.2 Å². The number of piperidine rings is 1. The van der Waals surface area contributed by atoms with Crippen molar-refractivity contribution < 1.29 is 18.7 Å². The summed E-state index contributed by atoms with van der Waals surface area (Å²) in [6, 6.07) is 3.86. The Morgan fingerprint density at radius 2 is 2.04 bits per heavy atom. The third kappa shape index (κ3) is 5.58. The molecule has 1 atom stereocenters. The van der Waals surface area contributed by atoms with Crippen molar-refractivity contribution in [2.75, 3.05) is 13.1 Å². The lowest BCUT2D eigenvalue weighted by Crippen LogP contribution is -2.54. The Morgan fingerprint density at radius 1 is 1.33 bits per heavy atom. The average molecular weight is 399 g/mol. The zero-order valence-electron chi connectivity index (χ0n) is 16.4. The number of carbonyl (C=O) groups excluding carboxylic acids is 2. The van der Waals surface area contributed by atoms with Crippen LogP contribution in [0, 0.1) is 5.82 Å². The van der Waals surface area contributed by atoms with E-state index in [1.807, 2.05) is 6.92 Å². The molecule has 2 rings (SSSR count). The Morgan fingerprint density at radius 3 is 2.63 bits per heavy atom. The second-order valence-electron chi connectivity index (χ2n) is 7.74. The number of ether oxygens (including phenoxy) is 1. The second kappa shape index (κ2) is 8.91. The fourth-order valence-corrected chi connectivity index (χ4v) is 3.38. The molecule has 0 aliphatic carbocycles. The van der Waals surface area contributed by atoms with Crippen LogP contribution in [0.1, 0.15) is 52.5 Å². The van der Waals surface area contributed by atoms with E-state index in [4.69, 9.17) is 16.3 Å². The second-order valence-corrected chi connectivity index (χ2v) is 8.15. The highest BCUT2D eigenvalue weighted by molar-refractivity contribution is 6.31. The maximum Gasteiger partial charge on any atom is 0.410 e. The molecule has 5 nitrogen and oxygen atoms in total. The Labute approximate surface area is 165 Å². The first-order chi connectivity index (χ1) is 12.6. The Kier molecular flexibility index (Phi) is 7.09. The highest BCUT2D eigenvalue weighted by Gasteiger charge is 2.36. The first-order valence-electron chi connectivity index (χ1n) is 9.35. The van der Waals surface area contributed by atoms with Crippen LogP contribution in [0.5, 0.6) is 0 Å². The van der Waals surface area contributed by atoms with Crippen molar-refractivity contribution in [3.05, 3.63) is 34.6 Å². The summed E-state index contributed by atoms with van der Waals surface area (Å²) in [5.74, 6) is -0.649. The van der Waals surface area contributed by atoms with E-state index in [9.17, 15) is 14.0 Å². The fourth-order valence-electron chi connectivity index (χ4n) is 3.16. The molecule has 2 amide bonds. The van der Waals surface area contributed by atoms with Gasteiger partial charge in [0.15, 0.2) is 0 Å². The van der Waals surface area contributed by atoms with Gasteiger partial charge in [-0.25, -0.2) is 9.18 Å². The van der Waals surface area contributed by atoms with Gasteiger partial charge < -0.3 is 9.64 Å². The number of rotatable bonds is 4. The van der Waals surface area contributed by atoms with E-state index >= 15 is 0 Å². The number of hydrogen-bond donors (Lipinski definition) is 0. The van der Waals surface area contributed by atoms with Crippen molar-refractivity contribution in [2.24, 2.45) is 0 Å². The quantitative estimate of drug-likeness (QED) is 0.743. The zero-order chi connectivity index (χ0) is 20.2. The molecule has 1 aromatic rings. The number of carbonyl (C=O) groups is 2. The van der Waals surface area contributed by atoms with Crippen LogP contribution in [-0.2, 0) is 16.1 Å². The molecule has 0 radical (unpaired) electrons. The topological polar surface area (TPSA) is 49.9 Å². The van der Waals surface area contributed by atoms with Crippen LogP contribution in [0.3, 0.4) is 0 Å². The molecule has 1 aliphatic heterocycles. The van der Waals surface area contributed by atoms with Crippen molar-refractivity contribution in [3.63, 3.8) is 0 Å². The number of likely N-dealkylation sites (N-methyl/N-ethyl adjacent to an activating group) is 1. The van der Waals surface area contributed by atoms with Gasteiger partial charge >= 0.3 is 6.09 Å². The van der Waals surface area contributed by atoms with E-state index in [1.165, 1.54) is 21.9 Å². The fraction of sp³-hybridized carbons (Fsp3) is 0.600. The summed E-state index contributed by atoms with van der Waals surface area (Å²) in [7, 11) is 0. The normalized spacial score (nSPS) is 17.6. The summed E-state index contributed by atoms with van der Waals surface area (Å²) < 4.78 is 19.6. The molecule has 7 heteroatoms. The maximum absolute atomic E-state index is 14.1. The number of likely N-dealkylation sites (tertiary alicyclic amines) is 1. The van der Waals surface area contributed by atoms with Crippen LogP contribution in [0.4, 0.5) is 9.18 Å². The Bertz CT molecular complexity index is 670. The molecule has 1 heterocycles. The summed E-state index contributed by atoms with van der Waals surface area (Å²) in [5, 5.41) is 0.286. The molecule has 0 spiro atoms. The van der Waals surface area contributed by atoms with E-state index in [0.717, 1.165) is 12.8 Å². The lowest BCUT2D eigenvalue weighted by molar-refractivity contribution is -0.138. The minimum Gasteiger partial charge on any atom is -0.444 e. The summed E-state index contributed by atoms with van der Waals surface area (Å²) in [5.41, 5.74) is -0.346. The van der Waals surface area contributed by atoms with Crippen LogP contribution < -0.4 is 0 Å². The third-order valence-electron chi connectivity index (χ3n) is 4.52. The van der Waals surface area contributed by atoms with Crippen LogP contribution in [0.25, 0.3) is 0 Å². The van der Waals surface area contributed by atoms with Gasteiger partial charge in [0.2, 0.25) is 5.91 Å². The smallest absolute Gasteiger partial charge is 0.410 e. The predicted molar refractivity (Wildman–Crippen MR) is 103 cm³/mol. The van der Waals surface area contributed by atoms with Gasteiger partial charge in [-0.1, -0.05) is 17.7 Å². The van der Waals surface area contributed by atoms with E-state index in [-0.39, 0.29) is 23.0 Å². The molecule has 0 saturated carbocycles. The molecule has 150 valence electrons. The Hall–Kier alpha value is -1.82. The molecule has 1 aliphatic rings. The van der Waals surface area contributed by atoms with E-state index in [0.29, 0.717) is 19.5 Å². The highest BCUT2D eigenvalue weighted by Crippen LogP contribution is 2.25. The lowest BCUT2D eigenvalue weighted by Gasteiger charge is -2.38. The molecular formula is C20H28ClFN2O3. The number of nitrogens with zero attached hydrogens (tertiary/aromatic N) is 2. The SMILES string of the molecule is CCN(Cc1c(F)cccc1Cl)C(=O)[C@@H]1CCCCN1C(=O)OC(C)(C)C. The van der Waals surface area contributed by atoms with E-state index in [1.54, 1.807) is 26.8 Å². The minimum atomic E-state index is -0.632. The summed E-state index contributed by atoms with van der Waals surface area (Å²) in [6.45, 7) is 8.15. The molecule has 1 fully saturated rings. The number of amides is 2. The van der Waals surface area contributed by atoms with Crippen molar-refractivity contribution in [2.45, 2.75) is 65.1 Å². The molecule has 0 aromatic heterocycles. The zero-order valence-corrected chi connectivity index (χ0v) is 17.2.